The number of hydrogen-bond donors (Lipinski definition) is 0. The van der Waals surface area contributed by atoms with Crippen LogP contribution < -0.4 is 18.9 Å². The number of rotatable bonds is 10. The van der Waals surface area contributed by atoms with E-state index in [4.69, 9.17) is 18.9 Å². The van der Waals surface area contributed by atoms with Gasteiger partial charge in [0.1, 0.15) is 11.5 Å². The molecule has 2 aromatic carbocycles. The fourth-order valence-electron chi connectivity index (χ4n) is 3.44. The molecule has 0 spiro atoms. The normalized spacial score (nSPS) is 13.1. The minimum Gasteiger partial charge on any atom is -0.497 e. The molecule has 1 amide bonds. The van der Waals surface area contributed by atoms with Crippen LogP contribution in [0.1, 0.15) is 22.3 Å². The highest BCUT2D eigenvalue weighted by Crippen LogP contribution is 2.37. The van der Waals surface area contributed by atoms with E-state index in [1.807, 2.05) is 12.1 Å². The van der Waals surface area contributed by atoms with Crippen LogP contribution in [-0.2, 0) is 6.42 Å². The summed E-state index contributed by atoms with van der Waals surface area (Å²) in [5.74, 6) is 2.44. The first kappa shape index (κ1) is 21.8. The van der Waals surface area contributed by atoms with Crippen LogP contribution in [0.25, 0.3) is 0 Å². The van der Waals surface area contributed by atoms with Crippen LogP contribution in [0.5, 0.6) is 23.0 Å². The number of amides is 1. The molecule has 0 radical (unpaired) electrons. The maximum absolute atomic E-state index is 12.8. The first-order valence-electron chi connectivity index (χ1n) is 10.0. The van der Waals surface area contributed by atoms with Gasteiger partial charge in [0.05, 0.1) is 26.9 Å². The van der Waals surface area contributed by atoms with Crippen LogP contribution in [0.2, 0.25) is 0 Å². The zero-order valence-electron chi connectivity index (χ0n) is 18.1. The number of hydrogen-bond acceptors (Lipinski definition) is 6. The average molecular weight is 415 g/mol. The second-order valence-corrected chi connectivity index (χ2v) is 7.30. The number of benzene rings is 2. The fourth-order valence-corrected chi connectivity index (χ4v) is 3.44. The molecule has 0 aliphatic carbocycles. The summed E-state index contributed by atoms with van der Waals surface area (Å²) < 4.78 is 21.6. The minimum absolute atomic E-state index is 0.0434. The minimum atomic E-state index is -0.0434. The Morgan fingerprint density at radius 3 is 2.37 bits per heavy atom. The number of fused-ring (bicyclic) bond motifs is 1. The molecule has 0 atom stereocenters. The Balaban J connectivity index is 1.47. The second-order valence-electron chi connectivity index (χ2n) is 7.30. The lowest BCUT2D eigenvalue weighted by Crippen LogP contribution is -2.40. The summed E-state index contributed by atoms with van der Waals surface area (Å²) in [6.45, 7) is 2.74. The molecular formula is C23H30N2O5. The van der Waals surface area contributed by atoms with Gasteiger partial charge in [-0.1, -0.05) is 12.1 Å². The van der Waals surface area contributed by atoms with Crippen molar-refractivity contribution in [3.8, 4) is 23.0 Å². The summed E-state index contributed by atoms with van der Waals surface area (Å²) in [7, 11) is 6.89. The Bertz CT molecular complexity index is 853. The van der Waals surface area contributed by atoms with Crippen molar-refractivity contribution in [2.24, 2.45) is 0 Å². The van der Waals surface area contributed by atoms with E-state index in [9.17, 15) is 4.79 Å². The summed E-state index contributed by atoms with van der Waals surface area (Å²) >= 11 is 0. The van der Waals surface area contributed by atoms with Crippen molar-refractivity contribution in [3.05, 3.63) is 47.5 Å². The van der Waals surface area contributed by atoms with Crippen LogP contribution in [-0.4, -0.2) is 70.4 Å². The van der Waals surface area contributed by atoms with Gasteiger partial charge in [-0.25, -0.2) is 0 Å². The number of nitrogens with zero attached hydrogens (tertiary/aromatic N) is 2. The van der Waals surface area contributed by atoms with Gasteiger partial charge in [-0.15, -0.1) is 0 Å². The Morgan fingerprint density at radius 2 is 1.70 bits per heavy atom. The van der Waals surface area contributed by atoms with Gasteiger partial charge in [0.15, 0.2) is 18.2 Å². The summed E-state index contributed by atoms with van der Waals surface area (Å²) in [6, 6.07) is 11.5. The monoisotopic (exact) mass is 414 g/mol. The number of carbonyl (C=O) groups excluding carboxylic acids is 1. The van der Waals surface area contributed by atoms with E-state index in [1.165, 1.54) is 5.56 Å². The first-order valence-corrected chi connectivity index (χ1v) is 10.0. The number of ether oxygens (including phenoxy) is 4. The third-order valence-electron chi connectivity index (χ3n) is 5.29. The van der Waals surface area contributed by atoms with Crippen molar-refractivity contribution in [2.45, 2.75) is 12.8 Å². The molecule has 0 fully saturated rings. The molecule has 0 saturated heterocycles. The van der Waals surface area contributed by atoms with Gasteiger partial charge < -0.3 is 28.7 Å². The van der Waals surface area contributed by atoms with Crippen LogP contribution in [0, 0.1) is 0 Å². The molecule has 1 heterocycles. The average Bonchev–Trinajstić information content (AvgIpc) is 2.78. The van der Waals surface area contributed by atoms with Gasteiger partial charge in [0, 0.05) is 25.2 Å². The molecule has 0 N–H and O–H groups in total. The van der Waals surface area contributed by atoms with Crippen molar-refractivity contribution in [2.75, 3.05) is 54.7 Å². The fraction of sp³-hybridized carbons (Fsp3) is 0.435. The predicted molar refractivity (Wildman–Crippen MR) is 115 cm³/mol. The highest BCUT2D eigenvalue weighted by Gasteiger charge is 2.27. The molecule has 1 aliphatic rings. The second kappa shape index (κ2) is 10.2. The third-order valence-corrected chi connectivity index (χ3v) is 5.29. The van der Waals surface area contributed by atoms with E-state index in [1.54, 1.807) is 38.4 Å². The SMILES string of the molecule is COc1ccc(CCN(C)CCCN2COc3cc(OC)c(OC)cc3C2=O)cc1. The lowest BCUT2D eigenvalue weighted by molar-refractivity contribution is 0.0510. The molecule has 162 valence electrons. The van der Waals surface area contributed by atoms with Crippen LogP contribution >= 0.6 is 0 Å². The summed E-state index contributed by atoms with van der Waals surface area (Å²) in [4.78, 5) is 16.9. The quantitative estimate of drug-likeness (QED) is 0.596. The highest BCUT2D eigenvalue weighted by molar-refractivity contribution is 5.98. The number of likely N-dealkylation sites (N-methyl/N-ethyl adjacent to an activating group) is 1. The Labute approximate surface area is 178 Å². The topological polar surface area (TPSA) is 60.5 Å². The third kappa shape index (κ3) is 5.16. The van der Waals surface area contributed by atoms with Crippen molar-refractivity contribution in [3.63, 3.8) is 0 Å². The van der Waals surface area contributed by atoms with Gasteiger partial charge in [-0.3, -0.25) is 4.79 Å². The molecule has 0 saturated carbocycles. The first-order chi connectivity index (χ1) is 14.5. The van der Waals surface area contributed by atoms with Gasteiger partial charge in [-0.05, 0) is 44.1 Å². The number of carbonyl (C=O) groups is 1. The van der Waals surface area contributed by atoms with E-state index in [0.717, 1.165) is 31.7 Å². The van der Waals surface area contributed by atoms with Gasteiger partial charge >= 0.3 is 0 Å². The Kier molecular flexibility index (Phi) is 7.41. The standard InChI is InChI=1S/C23H30N2O5/c1-24(13-10-17-6-8-18(27-2)9-7-17)11-5-12-25-16-30-20-15-22(29-4)21(28-3)14-19(20)23(25)26/h6-9,14-15H,5,10-13,16H2,1-4H3. The van der Waals surface area contributed by atoms with Crippen LogP contribution in [0.3, 0.4) is 0 Å². The molecular weight excluding hydrogens is 384 g/mol. The van der Waals surface area contributed by atoms with Crippen LogP contribution in [0.4, 0.5) is 0 Å². The predicted octanol–water partition coefficient (Wildman–Crippen LogP) is 3.07. The summed E-state index contributed by atoms with van der Waals surface area (Å²) in [6.07, 6.45) is 1.85. The maximum Gasteiger partial charge on any atom is 0.260 e. The Hall–Kier alpha value is -2.93. The molecule has 0 unspecified atom stereocenters. The molecule has 3 rings (SSSR count). The van der Waals surface area contributed by atoms with Gasteiger partial charge in [0.25, 0.3) is 5.91 Å². The van der Waals surface area contributed by atoms with Crippen molar-refractivity contribution in [1.29, 1.82) is 0 Å². The lowest BCUT2D eigenvalue weighted by Gasteiger charge is -2.30. The van der Waals surface area contributed by atoms with Crippen molar-refractivity contribution >= 4 is 5.91 Å². The van der Waals surface area contributed by atoms with E-state index in [2.05, 4.69) is 24.1 Å². The van der Waals surface area contributed by atoms with E-state index in [-0.39, 0.29) is 12.6 Å². The lowest BCUT2D eigenvalue weighted by atomic mass is 10.1. The van der Waals surface area contributed by atoms with Gasteiger partial charge in [0.2, 0.25) is 0 Å². The number of methoxy groups -OCH3 is 3. The summed E-state index contributed by atoms with van der Waals surface area (Å²) in [5, 5.41) is 0. The maximum atomic E-state index is 12.8. The van der Waals surface area contributed by atoms with Gasteiger partial charge in [-0.2, -0.15) is 0 Å². The molecule has 7 heteroatoms. The molecule has 0 bridgehead atoms. The molecule has 1 aliphatic heterocycles. The van der Waals surface area contributed by atoms with E-state index >= 15 is 0 Å². The molecule has 30 heavy (non-hydrogen) atoms. The molecule has 2 aromatic rings. The summed E-state index contributed by atoms with van der Waals surface area (Å²) in [5.41, 5.74) is 1.79. The van der Waals surface area contributed by atoms with Crippen molar-refractivity contribution < 1.29 is 23.7 Å². The zero-order chi connectivity index (χ0) is 21.5. The largest absolute Gasteiger partial charge is 0.497 e. The Morgan fingerprint density at radius 1 is 1.00 bits per heavy atom. The smallest absolute Gasteiger partial charge is 0.260 e. The van der Waals surface area contributed by atoms with Crippen LogP contribution in [0.15, 0.2) is 36.4 Å². The zero-order valence-corrected chi connectivity index (χ0v) is 18.1. The molecule has 0 aromatic heterocycles. The van der Waals surface area contributed by atoms with E-state index in [0.29, 0.717) is 29.4 Å². The highest BCUT2D eigenvalue weighted by atomic mass is 16.5. The molecule has 7 nitrogen and oxygen atoms in total. The van der Waals surface area contributed by atoms with E-state index < -0.39 is 0 Å². The van der Waals surface area contributed by atoms with Crippen molar-refractivity contribution in [1.82, 2.24) is 9.80 Å².